The fraction of sp³-hybridized carbons (Fsp3) is 0.571. The Morgan fingerprint density at radius 2 is 1.06 bits per heavy atom. The lowest BCUT2D eigenvalue weighted by Gasteiger charge is -2.29. The fourth-order valence-corrected chi connectivity index (χ4v) is 2.27. The summed E-state index contributed by atoms with van der Waals surface area (Å²) >= 11 is 0. The molecule has 2 aliphatic rings. The summed E-state index contributed by atoms with van der Waals surface area (Å²) in [5.41, 5.74) is 2.04. The predicted molar refractivity (Wildman–Crippen MR) is 65.0 cm³/mol. The summed E-state index contributed by atoms with van der Waals surface area (Å²) < 4.78 is 22.6. The number of ether oxygens (including phenoxy) is 4. The van der Waals surface area contributed by atoms with E-state index in [0.717, 1.165) is 50.4 Å². The summed E-state index contributed by atoms with van der Waals surface area (Å²) in [7, 11) is 0. The van der Waals surface area contributed by atoms with E-state index in [4.69, 9.17) is 18.9 Å². The molecule has 98 valence electrons. The smallest absolute Gasteiger partial charge is 0.184 e. The van der Waals surface area contributed by atoms with Crippen LogP contribution in [0.2, 0.25) is 0 Å². The SMILES string of the molecule is c1ccc(C2OCCCO2)c(C2OCCCO2)c1. The van der Waals surface area contributed by atoms with Gasteiger partial charge in [-0.25, -0.2) is 0 Å². The molecule has 2 fully saturated rings. The van der Waals surface area contributed by atoms with Crippen LogP contribution in [-0.2, 0) is 18.9 Å². The van der Waals surface area contributed by atoms with Gasteiger partial charge in [0.1, 0.15) is 0 Å². The topological polar surface area (TPSA) is 36.9 Å². The van der Waals surface area contributed by atoms with E-state index in [0.29, 0.717) is 0 Å². The van der Waals surface area contributed by atoms with Gasteiger partial charge in [0.05, 0.1) is 26.4 Å². The molecule has 0 spiro atoms. The van der Waals surface area contributed by atoms with Crippen LogP contribution in [0.15, 0.2) is 24.3 Å². The van der Waals surface area contributed by atoms with Gasteiger partial charge in [0.25, 0.3) is 0 Å². The quantitative estimate of drug-likeness (QED) is 0.808. The zero-order valence-electron chi connectivity index (χ0n) is 10.3. The van der Waals surface area contributed by atoms with Gasteiger partial charge < -0.3 is 18.9 Å². The van der Waals surface area contributed by atoms with E-state index in [1.54, 1.807) is 0 Å². The van der Waals surface area contributed by atoms with Gasteiger partial charge in [-0.3, -0.25) is 0 Å². The van der Waals surface area contributed by atoms with Gasteiger partial charge in [-0.1, -0.05) is 24.3 Å². The Morgan fingerprint density at radius 3 is 1.44 bits per heavy atom. The van der Waals surface area contributed by atoms with Gasteiger partial charge in [-0.05, 0) is 12.8 Å². The minimum atomic E-state index is -0.288. The summed E-state index contributed by atoms with van der Waals surface area (Å²) in [5.74, 6) is 0. The van der Waals surface area contributed by atoms with Crippen LogP contribution in [0.1, 0.15) is 36.5 Å². The molecule has 1 aromatic carbocycles. The van der Waals surface area contributed by atoms with E-state index < -0.39 is 0 Å². The van der Waals surface area contributed by atoms with E-state index in [1.807, 2.05) is 24.3 Å². The molecule has 3 rings (SSSR count). The highest BCUT2D eigenvalue weighted by Gasteiger charge is 2.25. The van der Waals surface area contributed by atoms with Crippen molar-refractivity contribution in [1.82, 2.24) is 0 Å². The Kier molecular flexibility index (Phi) is 3.90. The average molecular weight is 250 g/mol. The molecule has 0 amide bonds. The monoisotopic (exact) mass is 250 g/mol. The van der Waals surface area contributed by atoms with Crippen LogP contribution in [0.4, 0.5) is 0 Å². The summed E-state index contributed by atoms with van der Waals surface area (Å²) in [6.45, 7) is 2.97. The van der Waals surface area contributed by atoms with Crippen LogP contribution in [0, 0.1) is 0 Å². The van der Waals surface area contributed by atoms with Gasteiger partial charge in [0, 0.05) is 11.1 Å². The molecule has 2 aliphatic heterocycles. The highest BCUT2D eigenvalue weighted by atomic mass is 16.7. The fourth-order valence-electron chi connectivity index (χ4n) is 2.27. The van der Waals surface area contributed by atoms with Crippen molar-refractivity contribution in [1.29, 1.82) is 0 Å². The highest BCUT2D eigenvalue weighted by Crippen LogP contribution is 2.32. The maximum absolute atomic E-state index is 5.66. The van der Waals surface area contributed by atoms with E-state index in [9.17, 15) is 0 Å². The van der Waals surface area contributed by atoms with Crippen molar-refractivity contribution in [3.63, 3.8) is 0 Å². The lowest BCUT2D eigenvalue weighted by atomic mass is 10.1. The van der Waals surface area contributed by atoms with Crippen molar-refractivity contribution in [2.45, 2.75) is 25.4 Å². The van der Waals surface area contributed by atoms with Gasteiger partial charge in [-0.2, -0.15) is 0 Å². The molecule has 0 unspecified atom stereocenters. The minimum absolute atomic E-state index is 0.288. The third-order valence-electron chi connectivity index (χ3n) is 3.16. The van der Waals surface area contributed by atoms with Crippen molar-refractivity contribution in [3.05, 3.63) is 35.4 Å². The van der Waals surface area contributed by atoms with Crippen LogP contribution in [0.3, 0.4) is 0 Å². The molecular weight excluding hydrogens is 232 g/mol. The Bertz CT molecular complexity index is 344. The van der Waals surface area contributed by atoms with E-state index in [-0.39, 0.29) is 12.6 Å². The summed E-state index contributed by atoms with van der Waals surface area (Å²) in [6, 6.07) is 8.02. The Hall–Kier alpha value is -0.940. The molecule has 4 nitrogen and oxygen atoms in total. The van der Waals surface area contributed by atoms with E-state index >= 15 is 0 Å². The maximum Gasteiger partial charge on any atom is 0.184 e. The first-order valence-electron chi connectivity index (χ1n) is 6.50. The Morgan fingerprint density at radius 1 is 0.667 bits per heavy atom. The summed E-state index contributed by atoms with van der Waals surface area (Å²) in [6.07, 6.45) is 1.33. The van der Waals surface area contributed by atoms with Crippen LogP contribution < -0.4 is 0 Å². The zero-order valence-corrected chi connectivity index (χ0v) is 10.3. The van der Waals surface area contributed by atoms with Crippen molar-refractivity contribution in [2.75, 3.05) is 26.4 Å². The van der Waals surface area contributed by atoms with Gasteiger partial charge in [0.15, 0.2) is 12.6 Å². The van der Waals surface area contributed by atoms with Crippen molar-refractivity contribution >= 4 is 0 Å². The summed E-state index contributed by atoms with van der Waals surface area (Å²) in [4.78, 5) is 0. The normalized spacial score (nSPS) is 23.1. The molecule has 0 saturated carbocycles. The predicted octanol–water partition coefficient (Wildman–Crippen LogP) is 2.56. The first-order valence-corrected chi connectivity index (χ1v) is 6.50. The third-order valence-corrected chi connectivity index (χ3v) is 3.16. The lowest BCUT2D eigenvalue weighted by molar-refractivity contribution is -0.197. The Balaban J connectivity index is 1.83. The average Bonchev–Trinajstić information content (AvgIpc) is 2.49. The van der Waals surface area contributed by atoms with Crippen LogP contribution in [0.25, 0.3) is 0 Å². The molecule has 2 saturated heterocycles. The number of benzene rings is 1. The molecule has 2 heterocycles. The maximum atomic E-state index is 5.66. The second-order valence-corrected chi connectivity index (χ2v) is 4.48. The summed E-state index contributed by atoms with van der Waals surface area (Å²) in [5, 5.41) is 0. The largest absolute Gasteiger partial charge is 0.348 e. The first-order chi connectivity index (χ1) is 8.95. The number of rotatable bonds is 2. The Labute approximate surface area is 107 Å². The molecule has 0 bridgehead atoms. The molecule has 0 N–H and O–H groups in total. The lowest BCUT2D eigenvalue weighted by Crippen LogP contribution is -2.23. The second kappa shape index (κ2) is 5.80. The molecule has 18 heavy (non-hydrogen) atoms. The number of hydrogen-bond acceptors (Lipinski definition) is 4. The standard InChI is InChI=1S/C14H18O4/c1-2-6-12(14-17-9-4-10-18-14)11(5-1)13-15-7-3-8-16-13/h1-2,5-6,13-14H,3-4,7-10H2. The van der Waals surface area contributed by atoms with Crippen LogP contribution in [0.5, 0.6) is 0 Å². The molecule has 0 aromatic heterocycles. The van der Waals surface area contributed by atoms with Gasteiger partial charge in [-0.15, -0.1) is 0 Å². The molecule has 1 aromatic rings. The van der Waals surface area contributed by atoms with Crippen LogP contribution >= 0.6 is 0 Å². The second-order valence-electron chi connectivity index (χ2n) is 4.48. The van der Waals surface area contributed by atoms with Crippen molar-refractivity contribution < 1.29 is 18.9 Å². The molecule has 0 atom stereocenters. The van der Waals surface area contributed by atoms with E-state index in [1.165, 1.54) is 0 Å². The van der Waals surface area contributed by atoms with Gasteiger partial charge >= 0.3 is 0 Å². The number of hydrogen-bond donors (Lipinski definition) is 0. The van der Waals surface area contributed by atoms with Gasteiger partial charge in [0.2, 0.25) is 0 Å². The third kappa shape index (κ3) is 2.57. The minimum Gasteiger partial charge on any atom is -0.348 e. The molecule has 0 radical (unpaired) electrons. The molecule has 0 aliphatic carbocycles. The molecular formula is C14H18O4. The van der Waals surface area contributed by atoms with Crippen molar-refractivity contribution in [2.24, 2.45) is 0 Å². The zero-order chi connectivity index (χ0) is 12.2. The van der Waals surface area contributed by atoms with Crippen molar-refractivity contribution in [3.8, 4) is 0 Å². The van der Waals surface area contributed by atoms with E-state index in [2.05, 4.69) is 0 Å². The first kappa shape index (κ1) is 12.1. The molecule has 4 heteroatoms. The highest BCUT2D eigenvalue weighted by molar-refractivity contribution is 5.29. The van der Waals surface area contributed by atoms with Crippen LogP contribution in [-0.4, -0.2) is 26.4 Å².